The minimum Gasteiger partial charge on any atom is -0.448 e. The number of amides is 1. The predicted octanol–water partition coefficient (Wildman–Crippen LogP) is 4.37. The van der Waals surface area contributed by atoms with Gasteiger partial charge in [-0.3, -0.25) is 4.79 Å². The molecule has 1 aromatic rings. The van der Waals surface area contributed by atoms with Crippen LogP contribution in [0.5, 0.6) is 0 Å². The summed E-state index contributed by atoms with van der Waals surface area (Å²) < 4.78 is 5.57. The molecule has 3 rings (SSSR count). The molecule has 0 radical (unpaired) electrons. The van der Waals surface area contributed by atoms with Crippen LogP contribution in [-0.2, 0) is 0 Å². The van der Waals surface area contributed by atoms with Crippen LogP contribution in [0.3, 0.4) is 0 Å². The van der Waals surface area contributed by atoms with Crippen molar-refractivity contribution in [3.8, 4) is 0 Å². The quantitative estimate of drug-likeness (QED) is 0.829. The van der Waals surface area contributed by atoms with Gasteiger partial charge in [-0.05, 0) is 38.0 Å². The third-order valence-corrected chi connectivity index (χ3v) is 5.08. The molecular weight excluding hydrogens is 276 g/mol. The summed E-state index contributed by atoms with van der Waals surface area (Å²) in [6.45, 7) is 5.33. The van der Waals surface area contributed by atoms with E-state index >= 15 is 0 Å². The van der Waals surface area contributed by atoms with Crippen LogP contribution in [0.1, 0.15) is 87.5 Å². The molecule has 22 heavy (non-hydrogen) atoms. The number of hydrogen-bond donors (Lipinski definition) is 0. The van der Waals surface area contributed by atoms with Crippen molar-refractivity contribution in [2.45, 2.75) is 77.2 Å². The van der Waals surface area contributed by atoms with Crippen molar-refractivity contribution >= 4 is 5.91 Å². The van der Waals surface area contributed by atoms with Crippen LogP contribution in [0.15, 0.2) is 10.7 Å². The Morgan fingerprint density at radius 3 is 2.77 bits per heavy atom. The SMILES string of the molecule is CC(C)CC1CCCCCN1C(=O)c1coc(C2CCC2)n1. The molecule has 1 unspecified atom stereocenters. The van der Waals surface area contributed by atoms with Crippen molar-refractivity contribution in [1.82, 2.24) is 9.88 Å². The van der Waals surface area contributed by atoms with Gasteiger partial charge in [-0.1, -0.05) is 33.1 Å². The summed E-state index contributed by atoms with van der Waals surface area (Å²) in [5.74, 6) is 1.89. The molecule has 1 amide bonds. The predicted molar refractivity (Wildman–Crippen MR) is 85.8 cm³/mol. The van der Waals surface area contributed by atoms with Gasteiger partial charge in [0.05, 0.1) is 0 Å². The van der Waals surface area contributed by atoms with E-state index in [-0.39, 0.29) is 5.91 Å². The Morgan fingerprint density at radius 1 is 1.27 bits per heavy atom. The van der Waals surface area contributed by atoms with Gasteiger partial charge >= 0.3 is 0 Å². The minimum absolute atomic E-state index is 0.0712. The van der Waals surface area contributed by atoms with Crippen molar-refractivity contribution < 1.29 is 9.21 Å². The zero-order valence-corrected chi connectivity index (χ0v) is 13.9. The average Bonchev–Trinajstić information content (AvgIpc) is 2.76. The van der Waals surface area contributed by atoms with Crippen LogP contribution >= 0.6 is 0 Å². The number of carbonyl (C=O) groups is 1. The van der Waals surface area contributed by atoms with Crippen LogP contribution < -0.4 is 0 Å². The fourth-order valence-corrected chi connectivity index (χ4v) is 3.61. The largest absolute Gasteiger partial charge is 0.448 e. The zero-order chi connectivity index (χ0) is 15.5. The smallest absolute Gasteiger partial charge is 0.276 e. The Balaban J connectivity index is 1.73. The number of carbonyl (C=O) groups excluding carboxylic acids is 1. The first kappa shape index (κ1) is 15.6. The highest BCUT2D eigenvalue weighted by molar-refractivity contribution is 5.92. The lowest BCUT2D eigenvalue weighted by molar-refractivity contribution is 0.0655. The molecule has 1 aromatic heterocycles. The van der Waals surface area contributed by atoms with Gasteiger partial charge in [0.15, 0.2) is 11.6 Å². The number of likely N-dealkylation sites (tertiary alicyclic amines) is 1. The molecule has 4 nitrogen and oxygen atoms in total. The number of hydrogen-bond acceptors (Lipinski definition) is 3. The van der Waals surface area contributed by atoms with Crippen LogP contribution in [0.25, 0.3) is 0 Å². The van der Waals surface area contributed by atoms with Crippen molar-refractivity contribution in [2.24, 2.45) is 5.92 Å². The first-order valence-corrected chi connectivity index (χ1v) is 8.91. The summed E-state index contributed by atoms with van der Waals surface area (Å²) in [6.07, 6.45) is 10.9. The molecule has 0 aromatic carbocycles. The molecule has 0 spiro atoms. The fraction of sp³-hybridized carbons (Fsp3) is 0.778. The van der Waals surface area contributed by atoms with E-state index < -0.39 is 0 Å². The Labute approximate surface area is 133 Å². The van der Waals surface area contributed by atoms with Gasteiger partial charge in [-0.2, -0.15) is 0 Å². The summed E-state index contributed by atoms with van der Waals surface area (Å²) >= 11 is 0. The van der Waals surface area contributed by atoms with Crippen molar-refractivity contribution in [2.75, 3.05) is 6.54 Å². The molecule has 4 heteroatoms. The molecule has 0 N–H and O–H groups in total. The summed E-state index contributed by atoms with van der Waals surface area (Å²) in [5, 5.41) is 0. The van der Waals surface area contributed by atoms with E-state index in [1.165, 1.54) is 19.3 Å². The summed E-state index contributed by atoms with van der Waals surface area (Å²) in [5.41, 5.74) is 0.512. The Kier molecular flexibility index (Phi) is 4.84. The normalized spacial score (nSPS) is 23.4. The van der Waals surface area contributed by atoms with E-state index in [2.05, 4.69) is 23.7 Å². The summed E-state index contributed by atoms with van der Waals surface area (Å²) in [7, 11) is 0. The Hall–Kier alpha value is -1.32. The van der Waals surface area contributed by atoms with Crippen LogP contribution in [0.2, 0.25) is 0 Å². The van der Waals surface area contributed by atoms with E-state index in [9.17, 15) is 4.79 Å². The topological polar surface area (TPSA) is 46.3 Å². The van der Waals surface area contributed by atoms with Crippen molar-refractivity contribution in [1.29, 1.82) is 0 Å². The first-order chi connectivity index (χ1) is 10.6. The Morgan fingerprint density at radius 2 is 2.09 bits per heavy atom. The summed E-state index contributed by atoms with van der Waals surface area (Å²) in [6, 6.07) is 0.360. The van der Waals surface area contributed by atoms with E-state index in [4.69, 9.17) is 4.42 Å². The van der Waals surface area contributed by atoms with Gasteiger partial charge in [0.25, 0.3) is 5.91 Å². The van der Waals surface area contributed by atoms with Gasteiger partial charge in [-0.15, -0.1) is 0 Å². The first-order valence-electron chi connectivity index (χ1n) is 8.91. The van der Waals surface area contributed by atoms with Gasteiger partial charge in [0.1, 0.15) is 6.26 Å². The molecule has 122 valence electrons. The lowest BCUT2D eigenvalue weighted by Gasteiger charge is -2.30. The fourth-order valence-electron chi connectivity index (χ4n) is 3.61. The highest BCUT2D eigenvalue weighted by atomic mass is 16.3. The molecule has 0 bridgehead atoms. The molecule has 1 aliphatic carbocycles. The molecule has 1 aliphatic heterocycles. The third kappa shape index (κ3) is 3.36. The second-order valence-electron chi connectivity index (χ2n) is 7.33. The molecule has 1 atom stereocenters. The molecule has 2 heterocycles. The minimum atomic E-state index is 0.0712. The zero-order valence-electron chi connectivity index (χ0n) is 13.9. The van der Waals surface area contributed by atoms with Gasteiger partial charge in [0.2, 0.25) is 0 Å². The van der Waals surface area contributed by atoms with Gasteiger partial charge < -0.3 is 9.32 Å². The third-order valence-electron chi connectivity index (χ3n) is 5.08. The number of nitrogens with zero attached hydrogens (tertiary/aromatic N) is 2. The lowest BCUT2D eigenvalue weighted by Crippen LogP contribution is -2.41. The monoisotopic (exact) mass is 304 g/mol. The standard InChI is InChI=1S/C18H28N2O2/c1-13(2)11-15-9-4-3-5-10-20(15)18(21)16-12-22-17(19-16)14-7-6-8-14/h12-15H,3-11H2,1-2H3. The molecule has 1 saturated carbocycles. The Bertz CT molecular complexity index is 505. The molecule has 2 fully saturated rings. The lowest BCUT2D eigenvalue weighted by atomic mass is 9.85. The number of aromatic nitrogens is 1. The van der Waals surface area contributed by atoms with Crippen LogP contribution in [0, 0.1) is 5.92 Å². The average molecular weight is 304 g/mol. The highest BCUT2D eigenvalue weighted by Gasteiger charge is 2.30. The van der Waals surface area contributed by atoms with Crippen molar-refractivity contribution in [3.63, 3.8) is 0 Å². The second-order valence-corrected chi connectivity index (χ2v) is 7.33. The maximum Gasteiger partial charge on any atom is 0.276 e. The van der Waals surface area contributed by atoms with Gasteiger partial charge in [-0.25, -0.2) is 4.98 Å². The van der Waals surface area contributed by atoms with Crippen molar-refractivity contribution in [3.05, 3.63) is 17.8 Å². The molecule has 1 saturated heterocycles. The van der Waals surface area contributed by atoms with E-state index in [1.807, 2.05) is 0 Å². The van der Waals surface area contributed by atoms with Gasteiger partial charge in [0, 0.05) is 18.5 Å². The van der Waals surface area contributed by atoms with Crippen LogP contribution in [-0.4, -0.2) is 28.4 Å². The van der Waals surface area contributed by atoms with Crippen LogP contribution in [0.4, 0.5) is 0 Å². The van der Waals surface area contributed by atoms with E-state index in [0.717, 1.165) is 44.5 Å². The second kappa shape index (κ2) is 6.84. The maximum atomic E-state index is 12.9. The van der Waals surface area contributed by atoms with E-state index in [1.54, 1.807) is 6.26 Å². The molecule has 2 aliphatic rings. The maximum absolute atomic E-state index is 12.9. The molecular formula is C18H28N2O2. The summed E-state index contributed by atoms with van der Waals surface area (Å²) in [4.78, 5) is 19.4. The number of oxazole rings is 1. The number of rotatable bonds is 4. The highest BCUT2D eigenvalue weighted by Crippen LogP contribution is 2.35. The van der Waals surface area contributed by atoms with E-state index in [0.29, 0.717) is 23.6 Å².